The minimum Gasteiger partial charge on any atom is -0.494 e. The number of benzene rings is 1. The van der Waals surface area contributed by atoms with Gasteiger partial charge in [-0.3, -0.25) is 0 Å². The van der Waals surface area contributed by atoms with E-state index < -0.39 is 0 Å². The Balaban J connectivity index is 2.29. The van der Waals surface area contributed by atoms with Gasteiger partial charge in [-0.1, -0.05) is 0 Å². The number of hydrogen-bond donors (Lipinski definition) is 2. The molecule has 0 atom stereocenters. The van der Waals surface area contributed by atoms with Crippen LogP contribution in [0.15, 0.2) is 24.3 Å². The fourth-order valence-corrected chi connectivity index (χ4v) is 1.14. The van der Waals surface area contributed by atoms with Gasteiger partial charge in [-0.2, -0.15) is 0 Å². The minimum absolute atomic E-state index is 0.539. The van der Waals surface area contributed by atoms with Gasteiger partial charge in [0.2, 0.25) is 0 Å². The Kier molecular flexibility index (Phi) is 5.58. The predicted molar refractivity (Wildman–Crippen MR) is 57.5 cm³/mol. The summed E-state index contributed by atoms with van der Waals surface area (Å²) >= 11 is 0. The van der Waals surface area contributed by atoms with Crippen LogP contribution in [0, 0.1) is 0 Å². The number of hydroxylamine groups is 1. The maximum Gasteiger partial charge on any atom is 0.119 e. The molecule has 0 fully saturated rings. The van der Waals surface area contributed by atoms with E-state index in [0.717, 1.165) is 17.9 Å². The molecule has 4 nitrogen and oxygen atoms in total. The molecule has 0 amide bonds. The second-order valence-electron chi connectivity index (χ2n) is 3.01. The van der Waals surface area contributed by atoms with Crippen LogP contribution in [-0.4, -0.2) is 25.0 Å². The lowest BCUT2D eigenvalue weighted by Crippen LogP contribution is -2.12. The summed E-state index contributed by atoms with van der Waals surface area (Å²) in [6.07, 6.45) is 0.768. The Morgan fingerprint density at radius 3 is 2.27 bits per heavy atom. The average Bonchev–Trinajstić information content (AvgIpc) is 2.27. The molecule has 4 heteroatoms. The highest BCUT2D eigenvalue weighted by Crippen LogP contribution is 2.17. The van der Waals surface area contributed by atoms with Crippen LogP contribution >= 0.6 is 0 Å². The van der Waals surface area contributed by atoms with Gasteiger partial charge in [-0.05, 0) is 37.6 Å². The van der Waals surface area contributed by atoms with Crippen molar-refractivity contribution in [2.24, 2.45) is 0 Å². The van der Waals surface area contributed by atoms with Crippen LogP contribution in [0.25, 0.3) is 0 Å². The first kappa shape index (κ1) is 11.8. The second-order valence-corrected chi connectivity index (χ2v) is 3.01. The first-order valence-corrected chi connectivity index (χ1v) is 5.09. The van der Waals surface area contributed by atoms with Gasteiger partial charge < -0.3 is 14.7 Å². The van der Waals surface area contributed by atoms with Crippen molar-refractivity contribution in [1.29, 1.82) is 0 Å². The summed E-state index contributed by atoms with van der Waals surface area (Å²) in [4.78, 5) is 0. The maximum atomic E-state index is 8.34. The SMILES string of the molecule is CCOc1ccc(OCCCNO)cc1. The van der Waals surface area contributed by atoms with E-state index in [4.69, 9.17) is 14.7 Å². The highest BCUT2D eigenvalue weighted by Gasteiger charge is 1.95. The van der Waals surface area contributed by atoms with Crippen LogP contribution in [-0.2, 0) is 0 Å². The molecule has 0 saturated carbocycles. The van der Waals surface area contributed by atoms with Gasteiger partial charge in [0.1, 0.15) is 11.5 Å². The molecule has 84 valence electrons. The molecular weight excluding hydrogens is 194 g/mol. The summed E-state index contributed by atoms with van der Waals surface area (Å²) in [6, 6.07) is 7.50. The summed E-state index contributed by atoms with van der Waals surface area (Å²) in [5.74, 6) is 1.67. The Morgan fingerprint density at radius 2 is 1.73 bits per heavy atom. The maximum absolute atomic E-state index is 8.34. The van der Waals surface area contributed by atoms with Crippen LogP contribution < -0.4 is 15.0 Å². The predicted octanol–water partition coefficient (Wildman–Crippen LogP) is 1.83. The molecule has 1 rings (SSSR count). The third-order valence-corrected chi connectivity index (χ3v) is 1.84. The van der Waals surface area contributed by atoms with Gasteiger partial charge in [0, 0.05) is 6.54 Å². The van der Waals surface area contributed by atoms with Crippen LogP contribution in [0.4, 0.5) is 0 Å². The fraction of sp³-hybridized carbons (Fsp3) is 0.455. The molecule has 0 radical (unpaired) electrons. The Labute approximate surface area is 89.8 Å². The van der Waals surface area contributed by atoms with Crippen molar-refractivity contribution < 1.29 is 14.7 Å². The molecule has 2 N–H and O–H groups in total. The second kappa shape index (κ2) is 7.09. The van der Waals surface area contributed by atoms with E-state index in [2.05, 4.69) is 5.48 Å². The zero-order chi connectivity index (χ0) is 10.9. The third-order valence-electron chi connectivity index (χ3n) is 1.84. The lowest BCUT2D eigenvalue weighted by molar-refractivity contribution is 0.157. The number of ether oxygens (including phenoxy) is 2. The van der Waals surface area contributed by atoms with Crippen LogP contribution in [0.3, 0.4) is 0 Å². The molecule has 0 aliphatic heterocycles. The first-order valence-electron chi connectivity index (χ1n) is 5.09. The minimum atomic E-state index is 0.539. The van der Waals surface area contributed by atoms with E-state index in [1.807, 2.05) is 31.2 Å². The number of rotatable bonds is 7. The zero-order valence-corrected chi connectivity index (χ0v) is 8.90. The standard InChI is InChI=1S/C11H17NO3/c1-2-14-10-4-6-11(7-5-10)15-9-3-8-12-13/h4-7,12-13H,2-3,8-9H2,1H3. The van der Waals surface area contributed by atoms with Crippen molar-refractivity contribution in [3.63, 3.8) is 0 Å². The van der Waals surface area contributed by atoms with E-state index in [-0.39, 0.29) is 0 Å². The summed E-state index contributed by atoms with van der Waals surface area (Å²) in [7, 11) is 0. The molecule has 15 heavy (non-hydrogen) atoms. The zero-order valence-electron chi connectivity index (χ0n) is 8.90. The Morgan fingerprint density at radius 1 is 1.13 bits per heavy atom. The number of nitrogens with one attached hydrogen (secondary N) is 1. The highest BCUT2D eigenvalue weighted by molar-refractivity contribution is 5.31. The highest BCUT2D eigenvalue weighted by atomic mass is 16.5. The van der Waals surface area contributed by atoms with Crippen molar-refractivity contribution in [2.45, 2.75) is 13.3 Å². The average molecular weight is 211 g/mol. The first-order chi connectivity index (χ1) is 7.36. The molecule has 0 aliphatic carbocycles. The molecule has 1 aromatic rings. The third kappa shape index (κ3) is 4.67. The lowest BCUT2D eigenvalue weighted by Gasteiger charge is -2.07. The monoisotopic (exact) mass is 211 g/mol. The molecule has 1 aromatic carbocycles. The quantitative estimate of drug-likeness (QED) is 0.533. The summed E-state index contributed by atoms with van der Waals surface area (Å²) in [5.41, 5.74) is 2.08. The Hall–Kier alpha value is -1.26. The van der Waals surface area contributed by atoms with Gasteiger partial charge in [0.05, 0.1) is 13.2 Å². The van der Waals surface area contributed by atoms with Gasteiger partial charge >= 0.3 is 0 Å². The largest absolute Gasteiger partial charge is 0.494 e. The van der Waals surface area contributed by atoms with Crippen molar-refractivity contribution in [3.8, 4) is 11.5 Å². The number of hydrogen-bond acceptors (Lipinski definition) is 4. The molecule has 0 spiro atoms. The van der Waals surface area contributed by atoms with Crippen LogP contribution in [0.1, 0.15) is 13.3 Å². The van der Waals surface area contributed by atoms with Crippen LogP contribution in [0.5, 0.6) is 11.5 Å². The van der Waals surface area contributed by atoms with E-state index in [1.165, 1.54) is 0 Å². The van der Waals surface area contributed by atoms with Gasteiger partial charge in [0.15, 0.2) is 0 Å². The fourth-order valence-electron chi connectivity index (χ4n) is 1.14. The molecule has 0 heterocycles. The van der Waals surface area contributed by atoms with Gasteiger partial charge in [-0.25, -0.2) is 5.48 Å². The summed E-state index contributed by atoms with van der Waals surface area (Å²) in [5, 5.41) is 8.34. The normalized spacial score (nSPS) is 10.0. The lowest BCUT2D eigenvalue weighted by atomic mass is 10.3. The van der Waals surface area contributed by atoms with Crippen molar-refractivity contribution >= 4 is 0 Å². The topological polar surface area (TPSA) is 50.7 Å². The summed E-state index contributed by atoms with van der Waals surface area (Å²) in [6.45, 7) is 3.74. The smallest absolute Gasteiger partial charge is 0.119 e. The van der Waals surface area contributed by atoms with Crippen molar-refractivity contribution in [2.75, 3.05) is 19.8 Å². The molecule has 0 aromatic heterocycles. The Bertz CT molecular complexity index is 261. The van der Waals surface area contributed by atoms with E-state index in [9.17, 15) is 0 Å². The molecule has 0 aliphatic rings. The molecule has 0 bridgehead atoms. The van der Waals surface area contributed by atoms with Gasteiger partial charge in [-0.15, -0.1) is 0 Å². The van der Waals surface area contributed by atoms with Crippen molar-refractivity contribution in [3.05, 3.63) is 24.3 Å². The van der Waals surface area contributed by atoms with Crippen molar-refractivity contribution in [1.82, 2.24) is 5.48 Å². The van der Waals surface area contributed by atoms with Gasteiger partial charge in [0.25, 0.3) is 0 Å². The molecule has 0 saturated heterocycles. The molecule has 0 unspecified atom stereocenters. The van der Waals surface area contributed by atoms with Crippen LogP contribution in [0.2, 0.25) is 0 Å². The van der Waals surface area contributed by atoms with E-state index in [1.54, 1.807) is 0 Å². The molecular formula is C11H17NO3. The summed E-state index contributed by atoms with van der Waals surface area (Å²) < 4.78 is 10.7. The van der Waals surface area contributed by atoms with E-state index in [0.29, 0.717) is 19.8 Å². The van der Waals surface area contributed by atoms with E-state index >= 15 is 0 Å².